The van der Waals surface area contributed by atoms with Gasteiger partial charge in [0.2, 0.25) is 5.91 Å². The van der Waals surface area contributed by atoms with Gasteiger partial charge in [-0.3, -0.25) is 4.79 Å². The Bertz CT molecular complexity index is 527. The summed E-state index contributed by atoms with van der Waals surface area (Å²) in [7, 11) is 0. The van der Waals surface area contributed by atoms with E-state index in [1.807, 2.05) is 0 Å². The van der Waals surface area contributed by atoms with Crippen LogP contribution in [0.5, 0.6) is 0 Å². The maximum absolute atomic E-state index is 13.7. The Morgan fingerprint density at radius 1 is 1.32 bits per heavy atom. The zero-order valence-electron chi connectivity index (χ0n) is 13.0. The van der Waals surface area contributed by atoms with Gasteiger partial charge in [0.25, 0.3) is 0 Å². The van der Waals surface area contributed by atoms with Crippen molar-refractivity contribution in [1.29, 1.82) is 0 Å². The highest BCUT2D eigenvalue weighted by atomic mass is 19.1. The molecule has 0 bridgehead atoms. The first-order valence-electron chi connectivity index (χ1n) is 7.90. The zero-order chi connectivity index (χ0) is 16.2. The molecule has 1 aliphatic rings. The second-order valence-corrected chi connectivity index (χ2v) is 6.40. The van der Waals surface area contributed by atoms with Gasteiger partial charge in [-0.1, -0.05) is 25.3 Å². The number of rotatable bonds is 5. The summed E-state index contributed by atoms with van der Waals surface area (Å²) in [6.45, 7) is 2.20. The monoisotopic (exact) mass is 310 g/mol. The molecule has 1 saturated carbocycles. The van der Waals surface area contributed by atoms with E-state index >= 15 is 0 Å². The van der Waals surface area contributed by atoms with Gasteiger partial charge in [0.1, 0.15) is 11.6 Å². The van der Waals surface area contributed by atoms with E-state index in [1.54, 1.807) is 6.92 Å². The third-order valence-corrected chi connectivity index (χ3v) is 4.69. The normalized spacial score (nSPS) is 18.7. The topological polar surface area (TPSA) is 55.1 Å². The van der Waals surface area contributed by atoms with Gasteiger partial charge in [-0.25, -0.2) is 8.78 Å². The fourth-order valence-corrected chi connectivity index (χ4v) is 3.32. The molecule has 1 aliphatic carbocycles. The Balaban J connectivity index is 1.98. The van der Waals surface area contributed by atoms with Crippen molar-refractivity contribution in [3.05, 3.63) is 35.4 Å². The minimum absolute atomic E-state index is 0.122. The van der Waals surface area contributed by atoms with E-state index in [0.717, 1.165) is 31.7 Å². The predicted molar refractivity (Wildman–Crippen MR) is 82.1 cm³/mol. The molecule has 1 atom stereocenters. The molecule has 1 fully saturated rings. The molecule has 1 unspecified atom stereocenters. The van der Waals surface area contributed by atoms with Gasteiger partial charge < -0.3 is 11.1 Å². The lowest BCUT2D eigenvalue weighted by Crippen LogP contribution is -2.39. The van der Waals surface area contributed by atoms with Crippen molar-refractivity contribution in [3.8, 4) is 0 Å². The number of nitrogens with one attached hydrogen (secondary N) is 1. The lowest BCUT2D eigenvalue weighted by molar-refractivity contribution is -0.124. The lowest BCUT2D eigenvalue weighted by atomic mass is 9.71. The van der Waals surface area contributed by atoms with Gasteiger partial charge in [-0.2, -0.15) is 0 Å². The molecule has 0 aliphatic heterocycles. The second-order valence-electron chi connectivity index (χ2n) is 6.40. The van der Waals surface area contributed by atoms with Crippen LogP contribution in [0.3, 0.4) is 0 Å². The first kappa shape index (κ1) is 16.9. The molecule has 5 heteroatoms. The molecule has 1 amide bonds. The van der Waals surface area contributed by atoms with Crippen molar-refractivity contribution in [3.63, 3.8) is 0 Å². The van der Waals surface area contributed by atoms with Gasteiger partial charge in [0, 0.05) is 18.1 Å². The number of halogens is 2. The Morgan fingerprint density at radius 2 is 2.00 bits per heavy atom. The number of amides is 1. The SMILES string of the molecule is CC(NC(=O)CC1(CN)CCCCC1)c1ccc(F)cc1F. The Hall–Kier alpha value is -1.49. The van der Waals surface area contributed by atoms with Crippen molar-refractivity contribution >= 4 is 5.91 Å². The number of carbonyl (C=O) groups is 1. The summed E-state index contributed by atoms with van der Waals surface area (Å²) < 4.78 is 26.7. The van der Waals surface area contributed by atoms with Crippen LogP contribution in [0.25, 0.3) is 0 Å². The number of carbonyl (C=O) groups excluding carboxylic acids is 1. The van der Waals surface area contributed by atoms with Crippen molar-refractivity contribution in [1.82, 2.24) is 5.32 Å². The quantitative estimate of drug-likeness (QED) is 0.875. The van der Waals surface area contributed by atoms with E-state index < -0.39 is 17.7 Å². The van der Waals surface area contributed by atoms with E-state index in [1.165, 1.54) is 18.6 Å². The van der Waals surface area contributed by atoms with Crippen molar-refractivity contribution in [2.24, 2.45) is 11.1 Å². The highest BCUT2D eigenvalue weighted by Crippen LogP contribution is 2.38. The molecule has 122 valence electrons. The summed E-state index contributed by atoms with van der Waals surface area (Å²) in [5.41, 5.74) is 6.06. The molecule has 0 spiro atoms. The fourth-order valence-electron chi connectivity index (χ4n) is 3.32. The molecule has 1 aromatic carbocycles. The Kier molecular flexibility index (Phi) is 5.51. The first-order valence-corrected chi connectivity index (χ1v) is 7.90. The summed E-state index contributed by atoms with van der Waals surface area (Å²) in [4.78, 5) is 12.3. The van der Waals surface area contributed by atoms with Crippen molar-refractivity contribution in [2.75, 3.05) is 6.54 Å². The second kappa shape index (κ2) is 7.18. The van der Waals surface area contributed by atoms with Gasteiger partial charge in [-0.15, -0.1) is 0 Å². The minimum Gasteiger partial charge on any atom is -0.349 e. The van der Waals surface area contributed by atoms with E-state index in [4.69, 9.17) is 5.73 Å². The molecule has 1 aromatic rings. The summed E-state index contributed by atoms with van der Waals surface area (Å²) in [5, 5.41) is 2.81. The van der Waals surface area contributed by atoms with Crippen molar-refractivity contribution in [2.45, 2.75) is 51.5 Å². The molecule has 0 saturated heterocycles. The summed E-state index contributed by atoms with van der Waals surface area (Å²) >= 11 is 0. The highest BCUT2D eigenvalue weighted by Gasteiger charge is 2.33. The average Bonchev–Trinajstić information content (AvgIpc) is 2.47. The number of nitrogens with two attached hydrogens (primary N) is 1. The third-order valence-electron chi connectivity index (χ3n) is 4.69. The Labute approximate surface area is 130 Å². The highest BCUT2D eigenvalue weighted by molar-refractivity contribution is 5.77. The van der Waals surface area contributed by atoms with Crippen LogP contribution in [0.15, 0.2) is 18.2 Å². The molecule has 2 rings (SSSR count). The lowest BCUT2D eigenvalue weighted by Gasteiger charge is -2.36. The molecular formula is C17H24F2N2O. The number of benzene rings is 1. The molecule has 0 aromatic heterocycles. The van der Waals surface area contributed by atoms with Crippen LogP contribution >= 0.6 is 0 Å². The van der Waals surface area contributed by atoms with Crippen LogP contribution in [0.1, 0.15) is 57.1 Å². The number of hydrogen-bond acceptors (Lipinski definition) is 2. The predicted octanol–water partition coefficient (Wildman–Crippen LogP) is 3.44. The van der Waals surface area contributed by atoms with Crippen LogP contribution in [0.4, 0.5) is 8.78 Å². The molecule has 22 heavy (non-hydrogen) atoms. The molecule has 3 N–H and O–H groups in total. The number of hydrogen-bond donors (Lipinski definition) is 2. The van der Waals surface area contributed by atoms with E-state index in [2.05, 4.69) is 5.32 Å². The zero-order valence-corrected chi connectivity index (χ0v) is 13.0. The van der Waals surface area contributed by atoms with Crippen LogP contribution in [-0.4, -0.2) is 12.5 Å². The summed E-state index contributed by atoms with van der Waals surface area (Å²) in [6, 6.07) is 2.91. The molecular weight excluding hydrogens is 286 g/mol. The first-order chi connectivity index (χ1) is 10.5. The smallest absolute Gasteiger partial charge is 0.221 e. The van der Waals surface area contributed by atoms with Crippen LogP contribution in [0.2, 0.25) is 0 Å². The van der Waals surface area contributed by atoms with Crippen LogP contribution in [-0.2, 0) is 4.79 Å². The van der Waals surface area contributed by atoms with E-state index in [9.17, 15) is 13.6 Å². The summed E-state index contributed by atoms with van der Waals surface area (Å²) in [6.07, 6.45) is 5.71. The van der Waals surface area contributed by atoms with E-state index in [0.29, 0.717) is 18.5 Å². The van der Waals surface area contributed by atoms with Gasteiger partial charge in [-0.05, 0) is 37.8 Å². The maximum atomic E-state index is 13.7. The standard InChI is InChI=1S/C17H24F2N2O/c1-12(14-6-5-13(18)9-15(14)19)21-16(22)10-17(11-20)7-3-2-4-8-17/h5-6,9,12H,2-4,7-8,10-11,20H2,1H3,(H,21,22). The van der Waals surface area contributed by atoms with Gasteiger partial charge in [0.05, 0.1) is 6.04 Å². The largest absolute Gasteiger partial charge is 0.349 e. The molecule has 0 heterocycles. The average molecular weight is 310 g/mol. The molecule has 3 nitrogen and oxygen atoms in total. The van der Waals surface area contributed by atoms with Gasteiger partial charge in [0.15, 0.2) is 0 Å². The van der Waals surface area contributed by atoms with Crippen LogP contribution < -0.4 is 11.1 Å². The fraction of sp³-hybridized carbons (Fsp3) is 0.588. The summed E-state index contributed by atoms with van der Waals surface area (Å²) in [5.74, 6) is -1.38. The third kappa shape index (κ3) is 4.03. The Morgan fingerprint density at radius 3 is 2.59 bits per heavy atom. The molecule has 0 radical (unpaired) electrons. The van der Waals surface area contributed by atoms with Gasteiger partial charge >= 0.3 is 0 Å². The minimum atomic E-state index is -0.640. The van der Waals surface area contributed by atoms with E-state index in [-0.39, 0.29) is 11.3 Å². The van der Waals surface area contributed by atoms with Crippen molar-refractivity contribution < 1.29 is 13.6 Å². The van der Waals surface area contributed by atoms with Crippen LogP contribution in [0, 0.1) is 17.0 Å². The maximum Gasteiger partial charge on any atom is 0.221 e.